The second kappa shape index (κ2) is 9.02. The number of imidazole rings is 1. The molecule has 3 aromatic rings. The van der Waals surface area contributed by atoms with Gasteiger partial charge in [0.15, 0.2) is 11.5 Å². The molecule has 0 spiro atoms. The van der Waals surface area contributed by atoms with E-state index in [1.807, 2.05) is 22.7 Å². The van der Waals surface area contributed by atoms with E-state index < -0.39 is 5.60 Å². The minimum Gasteiger partial charge on any atom is -0.389 e. The molecule has 8 nitrogen and oxygen atoms in total. The highest BCUT2D eigenvalue weighted by atomic mass is 35.5. The Morgan fingerprint density at radius 2 is 2.18 bits per heavy atom. The summed E-state index contributed by atoms with van der Waals surface area (Å²) in [5, 5.41) is 16.8. The number of rotatable bonds is 7. The van der Waals surface area contributed by atoms with Gasteiger partial charge in [0.2, 0.25) is 0 Å². The topological polar surface area (TPSA) is 101 Å². The van der Waals surface area contributed by atoms with Gasteiger partial charge in [-0.05, 0) is 50.8 Å². The Hall–Kier alpha value is -2.94. The van der Waals surface area contributed by atoms with E-state index in [0.717, 1.165) is 41.8 Å². The SMILES string of the molecule is CC(C)(O)CNc1nc(C2=CCOCC2)cn2c(-c3ccc(C(=O)NC4CC4)c(Cl)c3)cnc12. The number of ether oxygens (including phenoxy) is 1. The zero-order chi connectivity index (χ0) is 23.9. The number of hydrogen-bond donors (Lipinski definition) is 3. The van der Waals surface area contributed by atoms with E-state index in [4.69, 9.17) is 21.3 Å². The van der Waals surface area contributed by atoms with Gasteiger partial charge in [-0.3, -0.25) is 9.20 Å². The number of hydrogen-bond acceptors (Lipinski definition) is 6. The first-order chi connectivity index (χ1) is 16.3. The van der Waals surface area contributed by atoms with Crippen molar-refractivity contribution in [3.8, 4) is 11.3 Å². The van der Waals surface area contributed by atoms with E-state index in [9.17, 15) is 9.90 Å². The van der Waals surface area contributed by atoms with E-state index in [1.165, 1.54) is 0 Å². The number of carbonyl (C=O) groups excluding carboxylic acids is 1. The highest BCUT2D eigenvalue weighted by Crippen LogP contribution is 2.31. The predicted octanol–water partition coefficient (Wildman–Crippen LogP) is 3.93. The molecule has 5 rings (SSSR count). The molecule has 1 amide bonds. The molecule has 3 heterocycles. The van der Waals surface area contributed by atoms with Gasteiger partial charge in [0.25, 0.3) is 5.91 Å². The highest BCUT2D eigenvalue weighted by molar-refractivity contribution is 6.34. The first-order valence-electron chi connectivity index (χ1n) is 11.5. The fraction of sp³-hybridized carbons (Fsp3) is 0.400. The van der Waals surface area contributed by atoms with Gasteiger partial charge in [-0.1, -0.05) is 23.7 Å². The van der Waals surface area contributed by atoms with Crippen molar-refractivity contribution in [3.63, 3.8) is 0 Å². The van der Waals surface area contributed by atoms with Crippen LogP contribution in [0.3, 0.4) is 0 Å². The van der Waals surface area contributed by atoms with Crippen molar-refractivity contribution in [2.24, 2.45) is 0 Å². The number of nitrogens with zero attached hydrogens (tertiary/aromatic N) is 3. The quantitative estimate of drug-likeness (QED) is 0.472. The smallest absolute Gasteiger partial charge is 0.253 e. The zero-order valence-electron chi connectivity index (χ0n) is 19.3. The minimum atomic E-state index is -0.910. The van der Waals surface area contributed by atoms with E-state index in [0.29, 0.717) is 41.8 Å². The Morgan fingerprint density at radius 1 is 1.35 bits per heavy atom. The molecule has 0 atom stereocenters. The van der Waals surface area contributed by atoms with Crippen molar-refractivity contribution in [2.45, 2.75) is 44.8 Å². The summed E-state index contributed by atoms with van der Waals surface area (Å²) in [5.41, 5.74) is 3.78. The Bertz CT molecular complexity index is 1270. The van der Waals surface area contributed by atoms with Gasteiger partial charge < -0.3 is 20.5 Å². The average molecular weight is 482 g/mol. The molecule has 1 aromatic carbocycles. The first kappa shape index (κ1) is 22.8. The summed E-state index contributed by atoms with van der Waals surface area (Å²) >= 11 is 6.51. The average Bonchev–Trinajstić information content (AvgIpc) is 3.52. The lowest BCUT2D eigenvalue weighted by atomic mass is 10.1. The maximum Gasteiger partial charge on any atom is 0.253 e. The predicted molar refractivity (Wildman–Crippen MR) is 132 cm³/mol. The Morgan fingerprint density at radius 3 is 2.85 bits per heavy atom. The molecule has 0 bridgehead atoms. The lowest BCUT2D eigenvalue weighted by Crippen LogP contribution is -2.30. The summed E-state index contributed by atoms with van der Waals surface area (Å²) in [4.78, 5) is 21.9. The van der Waals surface area contributed by atoms with Crippen LogP contribution in [0, 0.1) is 0 Å². The fourth-order valence-electron chi connectivity index (χ4n) is 3.88. The van der Waals surface area contributed by atoms with Crippen LogP contribution >= 0.6 is 11.6 Å². The number of aromatic nitrogens is 3. The lowest BCUT2D eigenvalue weighted by Gasteiger charge is -2.20. The Balaban J connectivity index is 1.55. The van der Waals surface area contributed by atoms with Gasteiger partial charge >= 0.3 is 0 Å². The summed E-state index contributed by atoms with van der Waals surface area (Å²) < 4.78 is 7.43. The number of amides is 1. The molecular formula is C25H28ClN5O3. The van der Waals surface area contributed by atoms with Crippen LogP contribution in [-0.4, -0.2) is 56.8 Å². The van der Waals surface area contributed by atoms with Crippen LogP contribution < -0.4 is 10.6 Å². The van der Waals surface area contributed by atoms with Crippen LogP contribution in [0.15, 0.2) is 36.7 Å². The van der Waals surface area contributed by atoms with Crippen LogP contribution in [0.25, 0.3) is 22.5 Å². The Kier molecular flexibility index (Phi) is 6.06. The van der Waals surface area contributed by atoms with Crippen molar-refractivity contribution < 1.29 is 14.6 Å². The van der Waals surface area contributed by atoms with E-state index in [1.54, 1.807) is 32.2 Å². The summed E-state index contributed by atoms with van der Waals surface area (Å²) in [5.74, 6) is 0.443. The third-order valence-electron chi connectivity index (χ3n) is 5.90. The second-order valence-electron chi connectivity index (χ2n) is 9.47. The minimum absolute atomic E-state index is 0.145. The van der Waals surface area contributed by atoms with Crippen molar-refractivity contribution in [1.82, 2.24) is 19.7 Å². The molecule has 1 fully saturated rings. The summed E-state index contributed by atoms with van der Waals surface area (Å²) in [6, 6.07) is 5.70. The molecule has 9 heteroatoms. The molecule has 1 saturated carbocycles. The van der Waals surface area contributed by atoms with Crippen molar-refractivity contribution in [1.29, 1.82) is 0 Å². The van der Waals surface area contributed by atoms with Crippen LogP contribution in [0.5, 0.6) is 0 Å². The maximum atomic E-state index is 12.5. The molecular weight excluding hydrogens is 454 g/mol. The molecule has 3 N–H and O–H groups in total. The molecule has 178 valence electrons. The van der Waals surface area contributed by atoms with Crippen LogP contribution in [-0.2, 0) is 4.74 Å². The maximum absolute atomic E-state index is 12.5. The summed E-state index contributed by atoms with van der Waals surface area (Å²) in [7, 11) is 0. The van der Waals surface area contributed by atoms with Gasteiger partial charge in [0.1, 0.15) is 0 Å². The monoisotopic (exact) mass is 481 g/mol. The number of carbonyl (C=O) groups is 1. The van der Waals surface area contributed by atoms with Gasteiger partial charge in [-0.25, -0.2) is 9.97 Å². The second-order valence-corrected chi connectivity index (χ2v) is 9.88. The standard InChI is InChI=1S/C25H28ClN5O3/c1-25(2,33)14-28-22-23-27-12-21(31(23)13-20(30-22)15-7-9-34-10-8-15)16-3-6-18(19(26)11-16)24(32)29-17-4-5-17/h3,6-7,11-13,17,33H,4-5,8-10,14H2,1-2H3,(H,28,30)(H,29,32). The molecule has 1 aliphatic carbocycles. The van der Waals surface area contributed by atoms with Crippen LogP contribution in [0.4, 0.5) is 5.82 Å². The zero-order valence-corrected chi connectivity index (χ0v) is 20.0. The summed E-state index contributed by atoms with van der Waals surface area (Å²) in [6.45, 7) is 5.00. The number of nitrogens with one attached hydrogen (secondary N) is 2. The van der Waals surface area contributed by atoms with Gasteiger partial charge in [0, 0.05) is 24.3 Å². The number of benzene rings is 1. The van der Waals surface area contributed by atoms with Crippen LogP contribution in [0.2, 0.25) is 5.02 Å². The van der Waals surface area contributed by atoms with Crippen molar-refractivity contribution >= 4 is 34.5 Å². The number of aliphatic hydroxyl groups is 1. The normalized spacial score (nSPS) is 16.4. The van der Waals surface area contributed by atoms with Crippen molar-refractivity contribution in [2.75, 3.05) is 25.1 Å². The third-order valence-corrected chi connectivity index (χ3v) is 6.21. The van der Waals surface area contributed by atoms with E-state index in [-0.39, 0.29) is 11.9 Å². The first-order valence-corrected chi connectivity index (χ1v) is 11.9. The van der Waals surface area contributed by atoms with Crippen LogP contribution in [0.1, 0.15) is 49.2 Å². The van der Waals surface area contributed by atoms with Gasteiger partial charge in [-0.2, -0.15) is 0 Å². The molecule has 34 heavy (non-hydrogen) atoms. The molecule has 0 saturated heterocycles. The van der Waals surface area contributed by atoms with E-state index in [2.05, 4.69) is 15.6 Å². The van der Waals surface area contributed by atoms with Gasteiger partial charge in [-0.15, -0.1) is 0 Å². The van der Waals surface area contributed by atoms with Crippen molar-refractivity contribution in [3.05, 3.63) is 52.9 Å². The number of halogens is 1. The number of anilines is 1. The summed E-state index contributed by atoms with van der Waals surface area (Å²) in [6.07, 6.45) is 8.58. The van der Waals surface area contributed by atoms with Gasteiger partial charge in [0.05, 0.1) is 47.0 Å². The fourth-order valence-corrected chi connectivity index (χ4v) is 4.15. The molecule has 2 aliphatic rings. The molecule has 0 unspecified atom stereocenters. The Labute approximate surface area is 203 Å². The highest BCUT2D eigenvalue weighted by Gasteiger charge is 2.25. The number of fused-ring (bicyclic) bond motifs is 1. The molecule has 2 aromatic heterocycles. The van der Waals surface area contributed by atoms with E-state index >= 15 is 0 Å². The molecule has 1 aliphatic heterocycles. The molecule has 0 radical (unpaired) electrons. The largest absolute Gasteiger partial charge is 0.389 e. The third kappa shape index (κ3) is 4.94. The lowest BCUT2D eigenvalue weighted by molar-refractivity contribution is 0.0940.